The standard InChI is InChI=1S/C20H20N2O4/c1-14(20(24)22-17-8-3-16(13-21)4-9-17)26-19(23)12-7-15-5-10-18(25-2)11-6-15/h3-6,8-11,14H,7,12H2,1-2H3,(H,22,24)/t14-/m0/s1. The van der Waals surface area contributed by atoms with Crippen molar-refractivity contribution in [2.75, 3.05) is 12.4 Å². The molecule has 0 bridgehead atoms. The summed E-state index contributed by atoms with van der Waals surface area (Å²) < 4.78 is 10.3. The van der Waals surface area contributed by atoms with E-state index in [-0.39, 0.29) is 6.42 Å². The van der Waals surface area contributed by atoms with Gasteiger partial charge in [-0.3, -0.25) is 9.59 Å². The van der Waals surface area contributed by atoms with E-state index in [1.165, 1.54) is 6.92 Å². The molecule has 0 aliphatic heterocycles. The van der Waals surface area contributed by atoms with Crippen molar-refractivity contribution in [2.24, 2.45) is 0 Å². The van der Waals surface area contributed by atoms with Gasteiger partial charge in [-0.05, 0) is 55.3 Å². The van der Waals surface area contributed by atoms with E-state index in [0.717, 1.165) is 11.3 Å². The second-order valence-corrected chi connectivity index (χ2v) is 5.66. The van der Waals surface area contributed by atoms with Crippen LogP contribution in [0.25, 0.3) is 0 Å². The number of aryl methyl sites for hydroxylation is 1. The van der Waals surface area contributed by atoms with Crippen molar-refractivity contribution in [3.63, 3.8) is 0 Å². The molecule has 1 atom stereocenters. The van der Waals surface area contributed by atoms with Gasteiger partial charge in [-0.15, -0.1) is 0 Å². The van der Waals surface area contributed by atoms with Gasteiger partial charge in [0, 0.05) is 12.1 Å². The van der Waals surface area contributed by atoms with Crippen LogP contribution in [0, 0.1) is 11.3 Å². The molecule has 2 aromatic carbocycles. The van der Waals surface area contributed by atoms with Gasteiger partial charge in [0.2, 0.25) is 0 Å². The normalized spacial score (nSPS) is 11.1. The topological polar surface area (TPSA) is 88.4 Å². The van der Waals surface area contributed by atoms with E-state index in [1.807, 2.05) is 30.3 Å². The predicted molar refractivity (Wildman–Crippen MR) is 96.7 cm³/mol. The maximum absolute atomic E-state index is 12.1. The first kappa shape index (κ1) is 19.0. The zero-order chi connectivity index (χ0) is 18.9. The second kappa shape index (κ2) is 9.23. The second-order valence-electron chi connectivity index (χ2n) is 5.66. The summed E-state index contributed by atoms with van der Waals surface area (Å²) in [7, 11) is 1.59. The van der Waals surface area contributed by atoms with E-state index < -0.39 is 18.0 Å². The summed E-state index contributed by atoms with van der Waals surface area (Å²) >= 11 is 0. The van der Waals surface area contributed by atoms with Crippen molar-refractivity contribution in [1.82, 2.24) is 0 Å². The van der Waals surface area contributed by atoms with Crippen LogP contribution >= 0.6 is 0 Å². The van der Waals surface area contributed by atoms with E-state index in [4.69, 9.17) is 14.7 Å². The van der Waals surface area contributed by atoms with Crippen molar-refractivity contribution >= 4 is 17.6 Å². The number of ether oxygens (including phenoxy) is 2. The number of nitrogens with zero attached hydrogens (tertiary/aromatic N) is 1. The van der Waals surface area contributed by atoms with Gasteiger partial charge in [-0.25, -0.2) is 0 Å². The number of rotatable bonds is 7. The molecule has 0 saturated carbocycles. The molecule has 0 saturated heterocycles. The number of methoxy groups -OCH3 is 1. The van der Waals surface area contributed by atoms with Crippen molar-refractivity contribution in [2.45, 2.75) is 25.9 Å². The number of nitrogens with one attached hydrogen (secondary N) is 1. The van der Waals surface area contributed by atoms with Gasteiger partial charge in [0.1, 0.15) is 5.75 Å². The first-order valence-electron chi connectivity index (χ1n) is 8.15. The molecule has 0 aromatic heterocycles. The van der Waals surface area contributed by atoms with Crippen LogP contribution in [-0.2, 0) is 20.7 Å². The minimum atomic E-state index is -0.908. The molecule has 26 heavy (non-hydrogen) atoms. The summed E-state index contributed by atoms with van der Waals surface area (Å²) in [5.41, 5.74) is 2.02. The summed E-state index contributed by atoms with van der Waals surface area (Å²) in [6, 6.07) is 15.9. The molecule has 0 spiro atoms. The van der Waals surface area contributed by atoms with Gasteiger partial charge in [0.05, 0.1) is 18.7 Å². The van der Waals surface area contributed by atoms with Crippen LogP contribution in [0.2, 0.25) is 0 Å². The summed E-state index contributed by atoms with van der Waals surface area (Å²) in [6.45, 7) is 1.52. The lowest BCUT2D eigenvalue weighted by Crippen LogP contribution is -2.30. The molecule has 0 unspecified atom stereocenters. The maximum atomic E-state index is 12.1. The first-order valence-corrected chi connectivity index (χ1v) is 8.15. The van der Waals surface area contributed by atoms with E-state index in [2.05, 4.69) is 5.32 Å². The number of hydrogen-bond acceptors (Lipinski definition) is 5. The number of nitriles is 1. The lowest BCUT2D eigenvalue weighted by atomic mass is 10.1. The van der Waals surface area contributed by atoms with Gasteiger partial charge in [-0.2, -0.15) is 5.26 Å². The first-order chi connectivity index (χ1) is 12.5. The van der Waals surface area contributed by atoms with E-state index in [9.17, 15) is 9.59 Å². The number of hydrogen-bond donors (Lipinski definition) is 1. The van der Waals surface area contributed by atoms with E-state index in [1.54, 1.807) is 31.4 Å². The number of carbonyl (C=O) groups excluding carboxylic acids is 2. The Hall–Kier alpha value is -3.33. The zero-order valence-electron chi connectivity index (χ0n) is 14.7. The number of carbonyl (C=O) groups is 2. The molecular formula is C20H20N2O4. The maximum Gasteiger partial charge on any atom is 0.306 e. The van der Waals surface area contributed by atoms with Crippen LogP contribution in [0.1, 0.15) is 24.5 Å². The number of amides is 1. The number of anilines is 1. The van der Waals surface area contributed by atoms with Crippen molar-refractivity contribution in [3.05, 3.63) is 59.7 Å². The highest BCUT2D eigenvalue weighted by atomic mass is 16.5. The van der Waals surface area contributed by atoms with Gasteiger partial charge >= 0.3 is 5.97 Å². The van der Waals surface area contributed by atoms with Crippen molar-refractivity contribution in [1.29, 1.82) is 5.26 Å². The monoisotopic (exact) mass is 352 g/mol. The van der Waals surface area contributed by atoms with Gasteiger partial charge in [0.15, 0.2) is 6.10 Å². The number of esters is 1. The smallest absolute Gasteiger partial charge is 0.306 e. The minimum absolute atomic E-state index is 0.181. The van der Waals surface area contributed by atoms with Crippen LogP contribution in [0.15, 0.2) is 48.5 Å². The molecule has 2 aromatic rings. The fourth-order valence-electron chi connectivity index (χ4n) is 2.22. The third kappa shape index (κ3) is 5.64. The summed E-state index contributed by atoms with van der Waals surface area (Å²) in [5, 5.41) is 11.4. The Balaban J connectivity index is 1.79. The Morgan fingerprint density at radius 2 is 1.77 bits per heavy atom. The average Bonchev–Trinajstić information content (AvgIpc) is 2.67. The van der Waals surface area contributed by atoms with Crippen molar-refractivity contribution < 1.29 is 19.1 Å². The molecule has 0 fully saturated rings. The lowest BCUT2D eigenvalue weighted by Gasteiger charge is -2.13. The molecule has 2 rings (SSSR count). The van der Waals surface area contributed by atoms with E-state index in [0.29, 0.717) is 17.7 Å². The fraction of sp³-hybridized carbons (Fsp3) is 0.250. The summed E-state index contributed by atoms with van der Waals surface area (Å²) in [6.07, 6.45) is -0.206. The predicted octanol–water partition coefficient (Wildman–Crippen LogP) is 3.07. The van der Waals surface area contributed by atoms with Crippen LogP contribution < -0.4 is 10.1 Å². The Labute approximate surface area is 152 Å². The third-order valence-electron chi connectivity index (χ3n) is 3.74. The molecule has 0 radical (unpaired) electrons. The molecule has 1 N–H and O–H groups in total. The van der Waals surface area contributed by atoms with Crippen LogP contribution in [0.5, 0.6) is 5.75 Å². The summed E-state index contributed by atoms with van der Waals surface area (Å²) in [5.74, 6) is -0.111. The van der Waals surface area contributed by atoms with Gasteiger partial charge in [-0.1, -0.05) is 12.1 Å². The lowest BCUT2D eigenvalue weighted by molar-refractivity contribution is -0.153. The summed E-state index contributed by atoms with van der Waals surface area (Å²) in [4.78, 5) is 24.0. The molecular weight excluding hydrogens is 332 g/mol. The highest BCUT2D eigenvalue weighted by Crippen LogP contribution is 2.13. The highest BCUT2D eigenvalue weighted by molar-refractivity contribution is 5.95. The van der Waals surface area contributed by atoms with Crippen molar-refractivity contribution in [3.8, 4) is 11.8 Å². The molecule has 134 valence electrons. The Bertz CT molecular complexity index is 792. The SMILES string of the molecule is COc1ccc(CCC(=O)O[C@@H](C)C(=O)Nc2ccc(C#N)cc2)cc1. The minimum Gasteiger partial charge on any atom is -0.497 e. The Kier molecular flexibility index (Phi) is 6.75. The zero-order valence-corrected chi connectivity index (χ0v) is 14.7. The van der Waals surface area contributed by atoms with Gasteiger partial charge in [0.25, 0.3) is 5.91 Å². The molecule has 0 aliphatic carbocycles. The quantitative estimate of drug-likeness (QED) is 0.774. The average molecular weight is 352 g/mol. The Morgan fingerprint density at radius 1 is 1.12 bits per heavy atom. The van der Waals surface area contributed by atoms with E-state index >= 15 is 0 Å². The molecule has 0 aliphatic rings. The molecule has 6 nitrogen and oxygen atoms in total. The number of benzene rings is 2. The van der Waals surface area contributed by atoms with Crippen LogP contribution in [-0.4, -0.2) is 25.1 Å². The molecule has 6 heteroatoms. The largest absolute Gasteiger partial charge is 0.497 e. The van der Waals surface area contributed by atoms with Crippen LogP contribution in [0.4, 0.5) is 5.69 Å². The third-order valence-corrected chi connectivity index (χ3v) is 3.74. The van der Waals surface area contributed by atoms with Crippen LogP contribution in [0.3, 0.4) is 0 Å². The van der Waals surface area contributed by atoms with Gasteiger partial charge < -0.3 is 14.8 Å². The highest BCUT2D eigenvalue weighted by Gasteiger charge is 2.17. The molecule has 0 heterocycles. The molecule has 1 amide bonds. The Morgan fingerprint density at radius 3 is 2.35 bits per heavy atom. The fourth-order valence-corrected chi connectivity index (χ4v) is 2.22.